The van der Waals surface area contributed by atoms with E-state index in [-0.39, 0.29) is 12.5 Å². The number of carbonyl (C=O) groups is 1. The highest BCUT2D eigenvalue weighted by molar-refractivity contribution is 7.18. The van der Waals surface area contributed by atoms with Crippen LogP contribution in [0.2, 0.25) is 0 Å². The minimum absolute atomic E-state index is 0.178. The van der Waals surface area contributed by atoms with E-state index in [1.807, 2.05) is 24.3 Å². The Morgan fingerprint density at radius 2 is 1.81 bits per heavy atom. The maximum atomic E-state index is 12.6. The summed E-state index contributed by atoms with van der Waals surface area (Å²) in [4.78, 5) is 17.9. The van der Waals surface area contributed by atoms with E-state index >= 15 is 0 Å². The first-order valence-corrected chi connectivity index (χ1v) is 11.1. The van der Waals surface area contributed by atoms with Gasteiger partial charge in [0.2, 0.25) is 5.88 Å². The van der Waals surface area contributed by atoms with Gasteiger partial charge in [-0.15, -0.1) is 16.4 Å². The zero-order chi connectivity index (χ0) is 22.5. The third-order valence-corrected chi connectivity index (χ3v) is 6.38. The molecule has 3 aromatic rings. The molecule has 2 aromatic heterocycles. The number of piperazine rings is 1. The first kappa shape index (κ1) is 22.0. The molecular weight excluding hydrogens is 430 g/mol. The smallest absolute Gasteiger partial charge is 0.266 e. The lowest BCUT2D eigenvalue weighted by atomic mass is 10.2. The Balaban J connectivity index is 1.33. The minimum atomic E-state index is -0.178. The van der Waals surface area contributed by atoms with Crippen LogP contribution in [0.15, 0.2) is 36.4 Å². The summed E-state index contributed by atoms with van der Waals surface area (Å²) in [6, 6.07) is 11.1. The van der Waals surface area contributed by atoms with Crippen LogP contribution in [0.3, 0.4) is 0 Å². The van der Waals surface area contributed by atoms with Gasteiger partial charge in [0.1, 0.15) is 23.9 Å². The van der Waals surface area contributed by atoms with Gasteiger partial charge in [0.15, 0.2) is 0 Å². The Hall–Kier alpha value is -3.24. The fraction of sp³-hybridized carbons (Fsp3) is 0.364. The topological polar surface area (TPSA) is 92.0 Å². The number of aromatic nitrogens is 2. The third-order valence-electron chi connectivity index (χ3n) is 5.23. The van der Waals surface area contributed by atoms with E-state index in [2.05, 4.69) is 32.4 Å². The monoisotopic (exact) mass is 457 g/mol. The van der Waals surface area contributed by atoms with Gasteiger partial charge in [0.05, 0.1) is 24.1 Å². The Morgan fingerprint density at radius 1 is 1.09 bits per heavy atom. The number of nitrogens with one attached hydrogen (secondary N) is 2. The third kappa shape index (κ3) is 5.32. The van der Waals surface area contributed by atoms with Crippen LogP contribution in [0.1, 0.15) is 15.2 Å². The standard InChI is InChI=1S/C22H27N5O4S/c1-26-6-8-27(9-7-26)21-5-4-18(32-21)22(28)23-19-13-20(25-24-19)31-14-15-10-16(29-2)12-17(11-15)30-3/h4-5,10-13H,6-9,14H2,1-3H3,(H2,23,24,25,28). The van der Waals surface area contributed by atoms with E-state index in [9.17, 15) is 4.79 Å². The summed E-state index contributed by atoms with van der Waals surface area (Å²) in [5.74, 6) is 2.05. The van der Waals surface area contributed by atoms with Crippen molar-refractivity contribution in [3.63, 3.8) is 0 Å². The Kier molecular flexibility index (Phi) is 6.81. The summed E-state index contributed by atoms with van der Waals surface area (Å²) in [7, 11) is 5.33. The average Bonchev–Trinajstić information content (AvgIpc) is 3.48. The van der Waals surface area contributed by atoms with Crippen LogP contribution in [0, 0.1) is 0 Å². The predicted octanol–water partition coefficient (Wildman–Crippen LogP) is 3.07. The SMILES string of the molecule is COc1cc(COc2cc(NC(=O)c3ccc(N4CCN(C)CC4)s3)[nH]n2)cc(OC)c1. The summed E-state index contributed by atoms with van der Waals surface area (Å²) >= 11 is 1.50. The number of nitrogens with zero attached hydrogens (tertiary/aromatic N) is 3. The fourth-order valence-electron chi connectivity index (χ4n) is 3.38. The Morgan fingerprint density at radius 3 is 2.50 bits per heavy atom. The van der Waals surface area contributed by atoms with E-state index in [1.54, 1.807) is 26.4 Å². The zero-order valence-electron chi connectivity index (χ0n) is 18.4. The lowest BCUT2D eigenvalue weighted by Gasteiger charge is -2.32. The molecule has 170 valence electrons. The zero-order valence-corrected chi connectivity index (χ0v) is 19.2. The molecule has 32 heavy (non-hydrogen) atoms. The molecule has 0 aliphatic carbocycles. The second-order valence-electron chi connectivity index (χ2n) is 7.51. The molecule has 0 spiro atoms. The molecule has 0 radical (unpaired) electrons. The quantitative estimate of drug-likeness (QED) is 0.537. The van der Waals surface area contributed by atoms with E-state index < -0.39 is 0 Å². The molecule has 2 N–H and O–H groups in total. The number of methoxy groups -OCH3 is 2. The average molecular weight is 458 g/mol. The van der Waals surface area contributed by atoms with Gasteiger partial charge in [-0.3, -0.25) is 9.89 Å². The van der Waals surface area contributed by atoms with Crippen LogP contribution in [0.4, 0.5) is 10.8 Å². The van der Waals surface area contributed by atoms with Crippen molar-refractivity contribution in [2.75, 3.05) is 57.7 Å². The number of anilines is 2. The maximum Gasteiger partial charge on any atom is 0.266 e. The molecule has 1 saturated heterocycles. The van der Waals surface area contributed by atoms with Gasteiger partial charge in [-0.05, 0) is 36.9 Å². The van der Waals surface area contributed by atoms with Gasteiger partial charge in [-0.25, -0.2) is 0 Å². The second-order valence-corrected chi connectivity index (χ2v) is 8.57. The van der Waals surface area contributed by atoms with Gasteiger partial charge in [-0.1, -0.05) is 0 Å². The summed E-state index contributed by atoms with van der Waals surface area (Å²) in [6.07, 6.45) is 0. The Bertz CT molecular complexity index is 1040. The molecule has 1 fully saturated rings. The van der Waals surface area contributed by atoms with E-state index in [1.165, 1.54) is 11.3 Å². The lowest BCUT2D eigenvalue weighted by molar-refractivity contribution is 0.103. The molecule has 4 rings (SSSR count). The molecule has 3 heterocycles. The van der Waals surface area contributed by atoms with Crippen molar-refractivity contribution in [1.29, 1.82) is 0 Å². The van der Waals surface area contributed by atoms with Crippen molar-refractivity contribution >= 4 is 28.1 Å². The first-order valence-electron chi connectivity index (χ1n) is 10.3. The summed E-state index contributed by atoms with van der Waals surface area (Å²) in [5, 5.41) is 10.9. The molecule has 1 aliphatic rings. The Labute approximate surface area is 190 Å². The van der Waals surface area contributed by atoms with Crippen molar-refractivity contribution in [3.8, 4) is 17.4 Å². The largest absolute Gasteiger partial charge is 0.497 e. The van der Waals surface area contributed by atoms with Gasteiger partial charge < -0.3 is 29.3 Å². The second kappa shape index (κ2) is 9.92. The molecule has 0 unspecified atom stereocenters. The number of aromatic amines is 1. The normalized spacial score (nSPS) is 14.3. The minimum Gasteiger partial charge on any atom is -0.497 e. The van der Waals surface area contributed by atoms with E-state index in [4.69, 9.17) is 14.2 Å². The summed E-state index contributed by atoms with van der Waals surface area (Å²) in [5.41, 5.74) is 0.879. The predicted molar refractivity (Wildman–Crippen MR) is 124 cm³/mol. The summed E-state index contributed by atoms with van der Waals surface area (Å²) in [6.45, 7) is 4.28. The van der Waals surface area contributed by atoms with Crippen LogP contribution >= 0.6 is 11.3 Å². The number of likely N-dealkylation sites (N-methyl/N-ethyl adjacent to an activating group) is 1. The lowest BCUT2D eigenvalue weighted by Crippen LogP contribution is -2.44. The molecule has 0 bridgehead atoms. The van der Waals surface area contributed by atoms with Crippen molar-refractivity contribution in [2.24, 2.45) is 0 Å². The number of benzene rings is 1. The molecule has 0 atom stereocenters. The molecule has 1 aliphatic heterocycles. The van der Waals surface area contributed by atoms with Crippen LogP contribution < -0.4 is 24.4 Å². The number of thiophene rings is 1. The molecular formula is C22H27N5O4S. The highest BCUT2D eigenvalue weighted by atomic mass is 32.1. The van der Waals surface area contributed by atoms with Crippen molar-refractivity contribution in [3.05, 3.63) is 46.8 Å². The van der Waals surface area contributed by atoms with Crippen molar-refractivity contribution in [2.45, 2.75) is 6.61 Å². The van der Waals surface area contributed by atoms with Gasteiger partial charge in [0.25, 0.3) is 5.91 Å². The molecule has 9 nitrogen and oxygen atoms in total. The van der Waals surface area contributed by atoms with Crippen molar-refractivity contribution < 1.29 is 19.0 Å². The van der Waals surface area contributed by atoms with Gasteiger partial charge in [-0.2, -0.15) is 0 Å². The van der Waals surface area contributed by atoms with Crippen LogP contribution in [0.25, 0.3) is 0 Å². The van der Waals surface area contributed by atoms with E-state index in [0.29, 0.717) is 28.1 Å². The molecule has 0 saturated carbocycles. The first-order chi connectivity index (χ1) is 15.5. The van der Waals surface area contributed by atoms with Crippen LogP contribution in [-0.4, -0.2) is 68.5 Å². The summed E-state index contributed by atoms with van der Waals surface area (Å²) < 4.78 is 16.3. The molecule has 1 amide bonds. The molecule has 1 aromatic carbocycles. The maximum absolute atomic E-state index is 12.6. The number of rotatable bonds is 8. The number of hydrogen-bond acceptors (Lipinski definition) is 8. The number of amides is 1. The highest BCUT2D eigenvalue weighted by Crippen LogP contribution is 2.28. The number of hydrogen-bond donors (Lipinski definition) is 2. The fourth-order valence-corrected chi connectivity index (χ4v) is 4.33. The van der Waals surface area contributed by atoms with Crippen LogP contribution in [-0.2, 0) is 6.61 Å². The van der Waals surface area contributed by atoms with Crippen LogP contribution in [0.5, 0.6) is 17.4 Å². The molecule has 10 heteroatoms. The number of ether oxygens (including phenoxy) is 3. The van der Waals surface area contributed by atoms with Gasteiger partial charge >= 0.3 is 0 Å². The number of carbonyl (C=O) groups excluding carboxylic acids is 1. The highest BCUT2D eigenvalue weighted by Gasteiger charge is 2.18. The van der Waals surface area contributed by atoms with Crippen molar-refractivity contribution in [1.82, 2.24) is 15.1 Å². The van der Waals surface area contributed by atoms with E-state index in [0.717, 1.165) is 36.7 Å². The van der Waals surface area contributed by atoms with Gasteiger partial charge in [0, 0.05) is 38.3 Å². The number of H-pyrrole nitrogens is 1.